The van der Waals surface area contributed by atoms with E-state index < -0.39 is 11.5 Å². The third-order valence-electron chi connectivity index (χ3n) is 4.41. The summed E-state index contributed by atoms with van der Waals surface area (Å²) in [6.45, 7) is 4.22. The Balaban J connectivity index is 2.26. The minimum Gasteiger partial charge on any atom is -0.479 e. The van der Waals surface area contributed by atoms with Crippen LogP contribution in [0.4, 0.5) is 0 Å². The van der Waals surface area contributed by atoms with Crippen LogP contribution in [0.1, 0.15) is 44.6 Å². The zero-order chi connectivity index (χ0) is 14.8. The van der Waals surface area contributed by atoms with Crippen LogP contribution in [0.25, 0.3) is 0 Å². The molecule has 4 heteroatoms. The molecule has 1 amide bonds. The summed E-state index contributed by atoms with van der Waals surface area (Å²) in [4.78, 5) is 25.9. The van der Waals surface area contributed by atoms with Crippen LogP contribution in [0.15, 0.2) is 30.3 Å². The van der Waals surface area contributed by atoms with Crippen molar-refractivity contribution in [3.63, 3.8) is 0 Å². The highest BCUT2D eigenvalue weighted by Crippen LogP contribution is 2.35. The number of carbonyl (C=O) groups excluding carboxylic acids is 1. The average Bonchev–Trinajstić information content (AvgIpc) is 2.91. The van der Waals surface area contributed by atoms with Gasteiger partial charge < -0.3 is 10.0 Å². The molecule has 1 aromatic carbocycles. The maximum absolute atomic E-state index is 12.7. The Hall–Kier alpha value is -1.84. The zero-order valence-corrected chi connectivity index (χ0v) is 12.0. The number of likely N-dealkylation sites (tertiary alicyclic amines) is 1. The number of carboxylic acids is 1. The summed E-state index contributed by atoms with van der Waals surface area (Å²) >= 11 is 0. The summed E-state index contributed by atoms with van der Waals surface area (Å²) in [7, 11) is 0. The van der Waals surface area contributed by atoms with Crippen LogP contribution in [0.5, 0.6) is 0 Å². The first kappa shape index (κ1) is 14.6. The van der Waals surface area contributed by atoms with Gasteiger partial charge in [0.1, 0.15) is 5.54 Å². The number of benzene rings is 1. The van der Waals surface area contributed by atoms with Gasteiger partial charge in [-0.05, 0) is 31.7 Å². The summed E-state index contributed by atoms with van der Waals surface area (Å²) in [5, 5.41) is 9.54. The van der Waals surface area contributed by atoms with Gasteiger partial charge in [0.15, 0.2) is 0 Å². The second-order valence-electron chi connectivity index (χ2n) is 5.42. The molecule has 1 saturated heterocycles. The van der Waals surface area contributed by atoms with Crippen molar-refractivity contribution in [1.29, 1.82) is 0 Å². The van der Waals surface area contributed by atoms with E-state index in [1.54, 1.807) is 4.90 Å². The van der Waals surface area contributed by atoms with Crippen molar-refractivity contribution in [3.8, 4) is 0 Å². The SMILES string of the molecule is CCC1(C(=O)O)CCCN1C(=O)C(C)c1ccccc1. The molecule has 1 heterocycles. The van der Waals surface area contributed by atoms with Crippen molar-refractivity contribution in [2.75, 3.05) is 6.54 Å². The Kier molecular flexibility index (Phi) is 4.12. The fourth-order valence-corrected chi connectivity index (χ4v) is 3.06. The van der Waals surface area contributed by atoms with Gasteiger partial charge in [0, 0.05) is 6.54 Å². The van der Waals surface area contributed by atoms with Gasteiger partial charge >= 0.3 is 5.97 Å². The van der Waals surface area contributed by atoms with Gasteiger partial charge in [-0.2, -0.15) is 0 Å². The van der Waals surface area contributed by atoms with Gasteiger partial charge in [-0.3, -0.25) is 4.79 Å². The summed E-state index contributed by atoms with van der Waals surface area (Å²) in [5.41, 5.74) is -0.0834. The van der Waals surface area contributed by atoms with Crippen LogP contribution in [0.3, 0.4) is 0 Å². The molecule has 1 fully saturated rings. The number of carboxylic acid groups (broad SMARTS) is 1. The molecule has 1 aliphatic heterocycles. The average molecular weight is 275 g/mol. The van der Waals surface area contributed by atoms with Crippen molar-refractivity contribution in [2.24, 2.45) is 0 Å². The molecule has 2 unspecified atom stereocenters. The zero-order valence-electron chi connectivity index (χ0n) is 12.0. The van der Waals surface area contributed by atoms with E-state index >= 15 is 0 Å². The van der Waals surface area contributed by atoms with E-state index in [1.807, 2.05) is 44.2 Å². The van der Waals surface area contributed by atoms with Crippen molar-refractivity contribution in [3.05, 3.63) is 35.9 Å². The van der Waals surface area contributed by atoms with Crippen LogP contribution in [-0.4, -0.2) is 34.0 Å². The van der Waals surface area contributed by atoms with E-state index in [-0.39, 0.29) is 11.8 Å². The topological polar surface area (TPSA) is 57.6 Å². The molecule has 1 aliphatic rings. The number of amides is 1. The third-order valence-corrected chi connectivity index (χ3v) is 4.41. The molecule has 1 aromatic rings. The Morgan fingerprint density at radius 2 is 2.00 bits per heavy atom. The van der Waals surface area contributed by atoms with Crippen LogP contribution in [0.2, 0.25) is 0 Å². The first-order valence-electron chi connectivity index (χ1n) is 7.12. The van der Waals surface area contributed by atoms with E-state index in [4.69, 9.17) is 0 Å². The smallest absolute Gasteiger partial charge is 0.329 e. The maximum atomic E-state index is 12.7. The van der Waals surface area contributed by atoms with Crippen molar-refractivity contribution >= 4 is 11.9 Å². The molecule has 20 heavy (non-hydrogen) atoms. The molecule has 0 aromatic heterocycles. The van der Waals surface area contributed by atoms with Crippen LogP contribution < -0.4 is 0 Å². The molecule has 0 radical (unpaired) electrons. The lowest BCUT2D eigenvalue weighted by Gasteiger charge is -2.35. The van der Waals surface area contributed by atoms with Crippen molar-refractivity contribution in [1.82, 2.24) is 4.90 Å². The Morgan fingerprint density at radius 3 is 2.55 bits per heavy atom. The highest BCUT2D eigenvalue weighted by molar-refractivity contribution is 5.91. The Morgan fingerprint density at radius 1 is 1.35 bits per heavy atom. The molecule has 0 saturated carbocycles. The Bertz CT molecular complexity index is 500. The number of aliphatic carboxylic acids is 1. The quantitative estimate of drug-likeness (QED) is 0.919. The summed E-state index contributed by atoms with van der Waals surface area (Å²) in [6.07, 6.45) is 1.76. The molecule has 108 valence electrons. The second-order valence-corrected chi connectivity index (χ2v) is 5.42. The van der Waals surface area contributed by atoms with Gasteiger partial charge in [-0.25, -0.2) is 4.79 Å². The Labute approximate surface area is 119 Å². The number of carbonyl (C=O) groups is 2. The van der Waals surface area contributed by atoms with Crippen LogP contribution >= 0.6 is 0 Å². The van der Waals surface area contributed by atoms with Crippen LogP contribution in [0, 0.1) is 0 Å². The molecule has 1 N–H and O–H groups in total. The minimum absolute atomic E-state index is 0.0852. The minimum atomic E-state index is -1.01. The molecule has 0 spiro atoms. The van der Waals surface area contributed by atoms with E-state index in [1.165, 1.54) is 0 Å². The maximum Gasteiger partial charge on any atom is 0.329 e. The fourth-order valence-electron chi connectivity index (χ4n) is 3.06. The highest BCUT2D eigenvalue weighted by Gasteiger charge is 2.49. The van der Waals surface area contributed by atoms with Gasteiger partial charge in [-0.1, -0.05) is 37.3 Å². The monoisotopic (exact) mass is 275 g/mol. The molecule has 0 aliphatic carbocycles. The molecule has 0 bridgehead atoms. The number of hydrogen-bond donors (Lipinski definition) is 1. The van der Waals surface area contributed by atoms with E-state index in [0.29, 0.717) is 19.4 Å². The lowest BCUT2D eigenvalue weighted by Crippen LogP contribution is -2.53. The first-order chi connectivity index (χ1) is 9.53. The number of hydrogen-bond acceptors (Lipinski definition) is 2. The molecule has 2 atom stereocenters. The van der Waals surface area contributed by atoms with Crippen molar-refractivity contribution < 1.29 is 14.7 Å². The van der Waals surface area contributed by atoms with Gasteiger partial charge in [0.25, 0.3) is 0 Å². The van der Waals surface area contributed by atoms with Gasteiger partial charge in [0.2, 0.25) is 5.91 Å². The molecular formula is C16H21NO3. The largest absolute Gasteiger partial charge is 0.479 e. The molecule has 4 nitrogen and oxygen atoms in total. The van der Waals surface area contributed by atoms with Gasteiger partial charge in [0.05, 0.1) is 5.92 Å². The van der Waals surface area contributed by atoms with Gasteiger partial charge in [-0.15, -0.1) is 0 Å². The van der Waals surface area contributed by atoms with Crippen molar-refractivity contribution in [2.45, 2.75) is 44.6 Å². The lowest BCUT2D eigenvalue weighted by molar-refractivity contribution is -0.157. The molecule has 2 rings (SSSR count). The number of rotatable bonds is 4. The predicted molar refractivity (Wildman–Crippen MR) is 76.5 cm³/mol. The summed E-state index contributed by atoms with van der Waals surface area (Å²) in [6, 6.07) is 9.52. The summed E-state index contributed by atoms with van der Waals surface area (Å²) < 4.78 is 0. The summed E-state index contributed by atoms with van der Waals surface area (Å²) in [5.74, 6) is -1.27. The normalized spacial score (nSPS) is 23.6. The molecular weight excluding hydrogens is 254 g/mol. The van der Waals surface area contributed by atoms with Crippen LogP contribution in [-0.2, 0) is 9.59 Å². The highest BCUT2D eigenvalue weighted by atomic mass is 16.4. The predicted octanol–water partition coefficient (Wildman–Crippen LogP) is 2.65. The lowest BCUT2D eigenvalue weighted by atomic mass is 9.91. The fraction of sp³-hybridized carbons (Fsp3) is 0.500. The first-order valence-corrected chi connectivity index (χ1v) is 7.12. The third kappa shape index (κ3) is 2.30. The standard InChI is InChI=1S/C16H21NO3/c1-3-16(15(19)20)10-7-11-17(16)14(18)12(2)13-8-5-4-6-9-13/h4-6,8-9,12H,3,7,10-11H2,1-2H3,(H,19,20). The number of nitrogens with zero attached hydrogens (tertiary/aromatic N) is 1. The second kappa shape index (κ2) is 5.65. The van der Waals surface area contributed by atoms with E-state index in [0.717, 1.165) is 12.0 Å². The van der Waals surface area contributed by atoms with E-state index in [9.17, 15) is 14.7 Å². The van der Waals surface area contributed by atoms with E-state index in [2.05, 4.69) is 0 Å².